The monoisotopic (exact) mass is 528 g/mol. The van der Waals surface area contributed by atoms with Gasteiger partial charge < -0.3 is 5.32 Å². The highest BCUT2D eigenvalue weighted by Crippen LogP contribution is 2.42. The average Bonchev–Trinajstić information content (AvgIpc) is 3.54. The fourth-order valence-corrected chi connectivity index (χ4v) is 4.41. The molecule has 1 fully saturated rings. The summed E-state index contributed by atoms with van der Waals surface area (Å²) in [7, 11) is -3.96. The molecule has 2 aromatic heterocycles. The first-order valence-corrected chi connectivity index (χ1v) is 12.4. The van der Waals surface area contributed by atoms with Crippen LogP contribution < -0.4 is 10.0 Å². The van der Waals surface area contributed by atoms with E-state index in [1.165, 1.54) is 41.1 Å². The van der Waals surface area contributed by atoms with E-state index < -0.39 is 33.7 Å². The Morgan fingerprint density at radius 3 is 2.43 bits per heavy atom. The number of nitrogens with zero attached hydrogens (tertiary/aromatic N) is 4. The molecule has 1 amide bonds. The van der Waals surface area contributed by atoms with Crippen molar-refractivity contribution in [1.29, 1.82) is 0 Å². The van der Waals surface area contributed by atoms with Gasteiger partial charge in [0.25, 0.3) is 10.0 Å². The highest BCUT2D eigenvalue weighted by atomic mass is 35.5. The third-order valence-electron chi connectivity index (χ3n) is 5.29. The van der Waals surface area contributed by atoms with Crippen LogP contribution in [-0.4, -0.2) is 34.3 Å². The van der Waals surface area contributed by atoms with Crippen molar-refractivity contribution >= 4 is 39.0 Å². The number of nitrogens with one attached hydrogen (secondary N) is 2. The lowest BCUT2D eigenvalue weighted by atomic mass is 10.1. The Hall–Kier alpha value is -3.19. The molecule has 3 aromatic rings. The highest BCUT2D eigenvalue weighted by Gasteiger charge is 2.38. The minimum absolute atomic E-state index is 0.0153. The molecule has 1 saturated carbocycles. The fourth-order valence-electron chi connectivity index (χ4n) is 3.32. The first-order valence-electron chi connectivity index (χ1n) is 10.5. The molecular weight excluding hydrogens is 509 g/mol. The van der Waals surface area contributed by atoms with Crippen LogP contribution in [0.15, 0.2) is 47.4 Å². The lowest BCUT2D eigenvalue weighted by Crippen LogP contribution is -2.25. The number of sulfonamides is 1. The number of benzene rings is 1. The Balaban J connectivity index is 1.40. The van der Waals surface area contributed by atoms with Gasteiger partial charge in [0.2, 0.25) is 5.91 Å². The second-order valence-electron chi connectivity index (χ2n) is 8.17. The van der Waals surface area contributed by atoms with E-state index in [-0.39, 0.29) is 28.3 Å². The van der Waals surface area contributed by atoms with E-state index in [2.05, 4.69) is 25.3 Å². The first-order chi connectivity index (χ1) is 16.4. The van der Waals surface area contributed by atoms with Crippen LogP contribution in [0, 0.1) is 5.92 Å². The van der Waals surface area contributed by atoms with E-state index in [9.17, 15) is 26.4 Å². The van der Waals surface area contributed by atoms with Gasteiger partial charge in [0.1, 0.15) is 0 Å². The van der Waals surface area contributed by atoms with Gasteiger partial charge >= 0.3 is 6.18 Å². The van der Waals surface area contributed by atoms with Crippen molar-refractivity contribution in [3.63, 3.8) is 0 Å². The minimum atomic E-state index is -4.56. The molecule has 1 unspecified atom stereocenters. The summed E-state index contributed by atoms with van der Waals surface area (Å²) in [4.78, 5) is 12.6. The summed E-state index contributed by atoms with van der Waals surface area (Å²) in [6.07, 6.45) is -2.98. The van der Waals surface area contributed by atoms with Gasteiger partial charge in [-0.25, -0.2) is 8.42 Å². The van der Waals surface area contributed by atoms with Gasteiger partial charge in [-0.1, -0.05) is 18.5 Å². The summed E-state index contributed by atoms with van der Waals surface area (Å²) in [6, 6.07) is 9.17. The molecule has 2 heterocycles. The molecule has 0 bridgehead atoms. The van der Waals surface area contributed by atoms with Crippen LogP contribution in [-0.2, 0) is 27.5 Å². The molecule has 0 aliphatic heterocycles. The van der Waals surface area contributed by atoms with Gasteiger partial charge in [-0.2, -0.15) is 18.3 Å². The number of alkyl halides is 3. The molecule has 186 valence electrons. The Labute approximate surface area is 203 Å². The molecule has 1 aromatic carbocycles. The Morgan fingerprint density at radius 1 is 1.17 bits per heavy atom. The van der Waals surface area contributed by atoms with Gasteiger partial charge in [0.15, 0.2) is 16.7 Å². The zero-order valence-corrected chi connectivity index (χ0v) is 19.8. The summed E-state index contributed by atoms with van der Waals surface area (Å²) in [5.74, 6) is -1.13. The zero-order valence-electron chi connectivity index (χ0n) is 18.3. The van der Waals surface area contributed by atoms with Gasteiger partial charge in [-0.15, -0.1) is 10.2 Å². The number of carbonyl (C=O) groups is 1. The summed E-state index contributed by atoms with van der Waals surface area (Å²) >= 11 is 5.63. The molecule has 0 radical (unpaired) electrons. The van der Waals surface area contributed by atoms with Crippen molar-refractivity contribution in [2.45, 2.75) is 43.3 Å². The van der Waals surface area contributed by atoms with Crippen LogP contribution >= 0.6 is 11.6 Å². The minimum Gasteiger partial charge on any atom is -0.326 e. The maximum absolute atomic E-state index is 13.1. The third-order valence-corrected chi connectivity index (χ3v) is 6.87. The predicted molar refractivity (Wildman–Crippen MR) is 121 cm³/mol. The second kappa shape index (κ2) is 9.46. The van der Waals surface area contributed by atoms with Gasteiger partial charge in [-0.05, 0) is 55.3 Å². The number of halogens is 4. The quantitative estimate of drug-likeness (QED) is 0.450. The Morgan fingerprint density at radius 2 is 1.86 bits per heavy atom. The zero-order chi connectivity index (χ0) is 25.4. The predicted octanol–water partition coefficient (Wildman–Crippen LogP) is 4.30. The summed E-state index contributed by atoms with van der Waals surface area (Å²) in [5, 5.41) is 13.6. The molecular formula is C21H20ClF3N6O3S. The molecule has 1 aliphatic rings. The van der Waals surface area contributed by atoms with E-state index in [1.807, 2.05) is 0 Å². The van der Waals surface area contributed by atoms with Crippen LogP contribution in [0.5, 0.6) is 0 Å². The maximum Gasteiger partial charge on any atom is 0.435 e. The number of carbonyl (C=O) groups excluding carboxylic acids is 1. The second-order valence-corrected chi connectivity index (χ2v) is 10.2. The average molecular weight is 529 g/mol. The molecule has 1 atom stereocenters. The number of hydrogen-bond donors (Lipinski definition) is 2. The number of hydrogen-bond acceptors (Lipinski definition) is 6. The Bertz CT molecular complexity index is 1320. The first kappa shape index (κ1) is 24.9. The topological polar surface area (TPSA) is 119 Å². The summed E-state index contributed by atoms with van der Waals surface area (Å²) in [6.45, 7) is 1.56. The lowest BCUT2D eigenvalue weighted by Gasteiger charge is -2.15. The van der Waals surface area contributed by atoms with Crippen molar-refractivity contribution in [3.05, 3.63) is 59.0 Å². The van der Waals surface area contributed by atoms with Crippen molar-refractivity contribution < 1.29 is 26.4 Å². The van der Waals surface area contributed by atoms with Gasteiger partial charge in [-0.3, -0.25) is 14.2 Å². The molecule has 14 heteroatoms. The summed E-state index contributed by atoms with van der Waals surface area (Å²) < 4.78 is 67.8. The van der Waals surface area contributed by atoms with Gasteiger partial charge in [0, 0.05) is 17.3 Å². The lowest BCUT2D eigenvalue weighted by molar-refractivity contribution is -0.141. The SMILES string of the molecule is CC(Cn1nc(C(F)(F)F)cc1C1CC1)C(=O)Nc1ccc(S(=O)(=O)Nc2ccc(Cl)nn2)cc1. The number of amides is 1. The molecule has 9 nitrogen and oxygen atoms in total. The van der Waals surface area contributed by atoms with E-state index in [1.54, 1.807) is 6.92 Å². The van der Waals surface area contributed by atoms with Crippen molar-refractivity contribution in [3.8, 4) is 0 Å². The largest absolute Gasteiger partial charge is 0.435 e. The number of anilines is 2. The molecule has 4 rings (SSSR count). The van der Waals surface area contributed by atoms with Crippen LogP contribution in [0.2, 0.25) is 5.15 Å². The normalized spacial score (nSPS) is 15.0. The molecule has 1 aliphatic carbocycles. The van der Waals surface area contributed by atoms with E-state index in [0.717, 1.165) is 18.9 Å². The van der Waals surface area contributed by atoms with Crippen molar-refractivity contribution in [2.75, 3.05) is 10.0 Å². The smallest absolute Gasteiger partial charge is 0.326 e. The van der Waals surface area contributed by atoms with E-state index in [0.29, 0.717) is 11.4 Å². The van der Waals surface area contributed by atoms with Crippen molar-refractivity contribution in [1.82, 2.24) is 20.0 Å². The highest BCUT2D eigenvalue weighted by molar-refractivity contribution is 7.92. The van der Waals surface area contributed by atoms with E-state index >= 15 is 0 Å². The molecule has 35 heavy (non-hydrogen) atoms. The standard InChI is InChI=1S/C21H20ClF3N6O3S/c1-12(11-31-16(13-2-3-13)10-17(29-31)21(23,24)25)20(32)26-14-4-6-15(7-5-14)35(33,34)30-19-9-8-18(22)27-28-19/h4-10,12-13H,2-3,11H2,1H3,(H,26,32)(H,28,30). The van der Waals surface area contributed by atoms with Crippen LogP contribution in [0.3, 0.4) is 0 Å². The van der Waals surface area contributed by atoms with Crippen molar-refractivity contribution in [2.24, 2.45) is 5.92 Å². The molecule has 0 spiro atoms. The fraction of sp³-hybridized carbons (Fsp3) is 0.333. The number of rotatable bonds is 8. The molecule has 0 saturated heterocycles. The number of aromatic nitrogens is 4. The maximum atomic E-state index is 13.1. The Kier molecular flexibility index (Phi) is 6.73. The van der Waals surface area contributed by atoms with Crippen LogP contribution in [0.1, 0.15) is 37.1 Å². The van der Waals surface area contributed by atoms with Gasteiger partial charge in [0.05, 0.1) is 17.4 Å². The molecule has 2 N–H and O–H groups in total. The summed E-state index contributed by atoms with van der Waals surface area (Å²) in [5.41, 5.74) is -0.169. The van der Waals surface area contributed by atoms with Crippen LogP contribution in [0.4, 0.5) is 24.7 Å². The third kappa shape index (κ3) is 6.09. The van der Waals surface area contributed by atoms with E-state index in [4.69, 9.17) is 11.6 Å². The van der Waals surface area contributed by atoms with Crippen LogP contribution in [0.25, 0.3) is 0 Å².